The van der Waals surface area contributed by atoms with Gasteiger partial charge >= 0.3 is 11.9 Å². The Kier molecular flexibility index (Phi) is 4.93. The molecule has 0 unspecified atom stereocenters. The van der Waals surface area contributed by atoms with Gasteiger partial charge in [0, 0.05) is 0 Å². The van der Waals surface area contributed by atoms with Crippen molar-refractivity contribution in [3.8, 4) is 0 Å². The molecule has 0 aromatic heterocycles. The fourth-order valence-electron chi connectivity index (χ4n) is 2.10. The molecule has 0 amide bonds. The lowest BCUT2D eigenvalue weighted by atomic mass is 9.88. The van der Waals surface area contributed by atoms with Crippen molar-refractivity contribution in [1.82, 2.24) is 0 Å². The number of rotatable bonds is 3. The van der Waals surface area contributed by atoms with Gasteiger partial charge in [-0.25, -0.2) is 9.59 Å². The second-order valence-electron chi connectivity index (χ2n) is 5.79. The molecule has 0 heterocycles. The third-order valence-electron chi connectivity index (χ3n) is 2.90. The molecular formula is C14H22O4. The minimum absolute atomic E-state index is 0.192. The first-order valence-electron chi connectivity index (χ1n) is 6.48. The molecule has 0 aromatic carbocycles. The maximum absolute atomic E-state index is 11.8. The van der Waals surface area contributed by atoms with Crippen molar-refractivity contribution in [2.24, 2.45) is 5.92 Å². The molecule has 1 aliphatic rings. The van der Waals surface area contributed by atoms with Crippen LogP contribution in [0.4, 0.5) is 0 Å². The Morgan fingerprint density at radius 2 is 1.72 bits per heavy atom. The van der Waals surface area contributed by atoms with Crippen LogP contribution in [0, 0.1) is 5.92 Å². The van der Waals surface area contributed by atoms with Gasteiger partial charge in [-0.05, 0) is 39.5 Å². The van der Waals surface area contributed by atoms with Crippen molar-refractivity contribution in [1.29, 1.82) is 0 Å². The Morgan fingerprint density at radius 3 is 2.17 bits per heavy atom. The first-order valence-corrected chi connectivity index (χ1v) is 6.48. The second kappa shape index (κ2) is 6.03. The molecule has 0 atom stereocenters. The Bertz CT molecular complexity index is 343. The van der Waals surface area contributed by atoms with Crippen LogP contribution in [-0.2, 0) is 14.3 Å². The van der Waals surface area contributed by atoms with Crippen LogP contribution in [0.5, 0.6) is 0 Å². The highest BCUT2D eigenvalue weighted by Crippen LogP contribution is 2.26. The zero-order chi connectivity index (χ0) is 13.8. The summed E-state index contributed by atoms with van der Waals surface area (Å²) in [5.74, 6) is -1.74. The van der Waals surface area contributed by atoms with Crippen LogP contribution in [-0.4, -0.2) is 22.6 Å². The summed E-state index contributed by atoms with van der Waals surface area (Å²) >= 11 is 0. The van der Waals surface area contributed by atoms with E-state index in [1.807, 2.05) is 0 Å². The zero-order valence-electron chi connectivity index (χ0n) is 11.4. The van der Waals surface area contributed by atoms with Gasteiger partial charge in [-0.1, -0.05) is 25.3 Å². The molecule has 0 spiro atoms. The van der Waals surface area contributed by atoms with Gasteiger partial charge in [-0.3, -0.25) is 0 Å². The molecule has 1 aliphatic carbocycles. The van der Waals surface area contributed by atoms with E-state index >= 15 is 0 Å². The third-order valence-corrected chi connectivity index (χ3v) is 2.90. The third kappa shape index (κ3) is 4.90. The number of aliphatic carboxylic acids is 1. The van der Waals surface area contributed by atoms with Gasteiger partial charge in [0.1, 0.15) is 11.2 Å². The number of carbonyl (C=O) groups excluding carboxylic acids is 1. The zero-order valence-corrected chi connectivity index (χ0v) is 11.4. The van der Waals surface area contributed by atoms with E-state index in [4.69, 9.17) is 9.84 Å². The van der Waals surface area contributed by atoms with Gasteiger partial charge in [0.2, 0.25) is 0 Å². The molecule has 4 nitrogen and oxygen atoms in total. The Labute approximate surface area is 108 Å². The maximum atomic E-state index is 11.8. The van der Waals surface area contributed by atoms with Crippen molar-refractivity contribution < 1.29 is 19.4 Å². The van der Waals surface area contributed by atoms with Crippen LogP contribution in [0.25, 0.3) is 0 Å². The molecule has 0 radical (unpaired) electrons. The van der Waals surface area contributed by atoms with E-state index in [9.17, 15) is 9.59 Å². The monoisotopic (exact) mass is 254 g/mol. The van der Waals surface area contributed by atoms with Crippen molar-refractivity contribution >= 4 is 11.9 Å². The first-order chi connectivity index (χ1) is 8.29. The number of carboxylic acids is 1. The fourth-order valence-corrected chi connectivity index (χ4v) is 2.10. The summed E-state index contributed by atoms with van der Waals surface area (Å²) in [5.41, 5.74) is -0.894. The predicted octanol–water partition coefficient (Wildman–Crippen LogP) is 2.92. The largest absolute Gasteiger partial charge is 0.477 e. The van der Waals surface area contributed by atoms with E-state index in [-0.39, 0.29) is 11.5 Å². The van der Waals surface area contributed by atoms with Crippen LogP contribution in [0.3, 0.4) is 0 Å². The van der Waals surface area contributed by atoms with E-state index in [0.717, 1.165) is 25.7 Å². The van der Waals surface area contributed by atoms with E-state index in [1.165, 1.54) is 6.42 Å². The summed E-state index contributed by atoms with van der Waals surface area (Å²) < 4.78 is 5.11. The highest BCUT2D eigenvalue weighted by molar-refractivity contribution is 6.13. The second-order valence-corrected chi connectivity index (χ2v) is 5.79. The van der Waals surface area contributed by atoms with E-state index in [1.54, 1.807) is 26.8 Å². The Morgan fingerprint density at radius 1 is 1.17 bits per heavy atom. The molecule has 1 fully saturated rings. The topological polar surface area (TPSA) is 63.6 Å². The highest BCUT2D eigenvalue weighted by atomic mass is 16.6. The maximum Gasteiger partial charge on any atom is 0.345 e. The van der Waals surface area contributed by atoms with Gasteiger partial charge in [-0.15, -0.1) is 0 Å². The smallest absolute Gasteiger partial charge is 0.345 e. The van der Waals surface area contributed by atoms with Crippen LogP contribution >= 0.6 is 0 Å². The van der Waals surface area contributed by atoms with E-state index in [2.05, 4.69) is 0 Å². The van der Waals surface area contributed by atoms with Crippen LogP contribution < -0.4 is 0 Å². The number of allylic oxidation sites excluding steroid dienone is 1. The van der Waals surface area contributed by atoms with E-state index in [0.29, 0.717) is 0 Å². The summed E-state index contributed by atoms with van der Waals surface area (Å²) in [6.07, 6.45) is 6.89. The lowest BCUT2D eigenvalue weighted by molar-refractivity contribution is -0.152. The number of hydrogen-bond donors (Lipinski definition) is 1. The Hall–Kier alpha value is -1.32. The fraction of sp³-hybridized carbons (Fsp3) is 0.714. The molecule has 0 aliphatic heterocycles. The van der Waals surface area contributed by atoms with Crippen LogP contribution in [0.1, 0.15) is 52.9 Å². The number of carboxylic acid groups (broad SMARTS) is 1. The highest BCUT2D eigenvalue weighted by Gasteiger charge is 2.26. The quantitative estimate of drug-likeness (QED) is 0.364. The summed E-state index contributed by atoms with van der Waals surface area (Å²) in [5, 5.41) is 9.10. The summed E-state index contributed by atoms with van der Waals surface area (Å²) in [4.78, 5) is 22.9. The average molecular weight is 254 g/mol. The summed E-state index contributed by atoms with van der Waals surface area (Å²) in [7, 11) is 0. The van der Waals surface area contributed by atoms with Crippen molar-refractivity contribution in [2.45, 2.75) is 58.5 Å². The molecule has 0 bridgehead atoms. The van der Waals surface area contributed by atoms with Crippen LogP contribution in [0.2, 0.25) is 0 Å². The average Bonchev–Trinajstić information content (AvgIpc) is 2.24. The SMILES string of the molecule is CC(C)(C)OC(=O)/C(=C\C1CCCCC1)C(=O)O. The van der Waals surface area contributed by atoms with Crippen molar-refractivity contribution in [2.75, 3.05) is 0 Å². The van der Waals surface area contributed by atoms with Gasteiger partial charge in [0.25, 0.3) is 0 Å². The summed E-state index contributed by atoms with van der Waals surface area (Å²) in [6, 6.07) is 0. The lowest BCUT2D eigenvalue weighted by Gasteiger charge is -2.21. The molecule has 0 saturated heterocycles. The first kappa shape index (κ1) is 14.7. The number of hydrogen-bond acceptors (Lipinski definition) is 3. The van der Waals surface area contributed by atoms with Gasteiger partial charge in [0.15, 0.2) is 0 Å². The van der Waals surface area contributed by atoms with Gasteiger partial charge < -0.3 is 9.84 Å². The minimum Gasteiger partial charge on any atom is -0.477 e. The molecule has 1 N–H and O–H groups in total. The molecule has 1 rings (SSSR count). The molecular weight excluding hydrogens is 232 g/mol. The number of ether oxygens (including phenoxy) is 1. The molecule has 4 heteroatoms. The Balaban J connectivity index is 2.78. The standard InChI is InChI=1S/C14H22O4/c1-14(2,3)18-13(17)11(12(15)16)9-10-7-5-4-6-8-10/h9-10H,4-8H2,1-3H3,(H,15,16)/b11-9-. The predicted molar refractivity (Wildman–Crippen MR) is 68.1 cm³/mol. The van der Waals surface area contributed by atoms with Gasteiger partial charge in [0.05, 0.1) is 0 Å². The molecule has 102 valence electrons. The molecule has 0 aromatic rings. The normalized spacial score (nSPS) is 18.5. The van der Waals surface area contributed by atoms with E-state index < -0.39 is 17.5 Å². The van der Waals surface area contributed by atoms with Crippen molar-refractivity contribution in [3.05, 3.63) is 11.6 Å². The number of carbonyl (C=O) groups is 2. The minimum atomic E-state index is -1.20. The summed E-state index contributed by atoms with van der Waals surface area (Å²) in [6.45, 7) is 5.18. The number of esters is 1. The molecule has 18 heavy (non-hydrogen) atoms. The van der Waals surface area contributed by atoms with Crippen molar-refractivity contribution in [3.63, 3.8) is 0 Å². The lowest BCUT2D eigenvalue weighted by Crippen LogP contribution is -2.27. The van der Waals surface area contributed by atoms with Gasteiger partial charge in [-0.2, -0.15) is 0 Å². The molecule has 1 saturated carbocycles. The van der Waals surface area contributed by atoms with Crippen LogP contribution in [0.15, 0.2) is 11.6 Å².